The number of anilines is 3. The lowest BCUT2D eigenvalue weighted by atomic mass is 10.1. The lowest BCUT2D eigenvalue weighted by molar-refractivity contribution is 0.102. The van der Waals surface area contributed by atoms with E-state index in [1.165, 1.54) is 0 Å². The first-order valence-corrected chi connectivity index (χ1v) is 6.43. The molecule has 4 heteroatoms. The Morgan fingerprint density at radius 3 is 2.35 bits per heavy atom. The van der Waals surface area contributed by atoms with Gasteiger partial charge in [-0.2, -0.15) is 0 Å². The second-order valence-corrected chi connectivity index (χ2v) is 4.93. The quantitative estimate of drug-likeness (QED) is 0.842. The summed E-state index contributed by atoms with van der Waals surface area (Å²) in [6.07, 6.45) is 0. The van der Waals surface area contributed by atoms with E-state index in [2.05, 4.69) is 5.32 Å². The van der Waals surface area contributed by atoms with Crippen LogP contribution in [0.5, 0.6) is 0 Å². The molecule has 0 aliphatic heterocycles. The Morgan fingerprint density at radius 2 is 1.75 bits per heavy atom. The summed E-state index contributed by atoms with van der Waals surface area (Å²) in [5.74, 6) is -0.191. The van der Waals surface area contributed by atoms with Gasteiger partial charge in [0.05, 0.1) is 5.56 Å². The van der Waals surface area contributed by atoms with Gasteiger partial charge in [0.25, 0.3) is 5.91 Å². The van der Waals surface area contributed by atoms with Crippen molar-refractivity contribution in [1.29, 1.82) is 0 Å². The lowest BCUT2D eigenvalue weighted by Crippen LogP contribution is -2.15. The standard InChI is InChI=1S/C16H19N3O/c1-11-5-4-6-14(15(11)17)16(20)18-12-7-9-13(10-8-12)19(2)3/h4-10H,17H2,1-3H3,(H,18,20). The Hall–Kier alpha value is -2.49. The zero-order valence-corrected chi connectivity index (χ0v) is 12.0. The molecule has 3 N–H and O–H groups in total. The summed E-state index contributed by atoms with van der Waals surface area (Å²) in [6, 6.07) is 13.1. The number of carbonyl (C=O) groups is 1. The van der Waals surface area contributed by atoms with Gasteiger partial charge in [-0.3, -0.25) is 4.79 Å². The van der Waals surface area contributed by atoms with Crippen LogP contribution in [0, 0.1) is 6.92 Å². The second kappa shape index (κ2) is 5.65. The molecule has 0 spiro atoms. The minimum Gasteiger partial charge on any atom is -0.398 e. The molecule has 0 atom stereocenters. The van der Waals surface area contributed by atoms with Crippen molar-refractivity contribution >= 4 is 23.0 Å². The molecule has 2 aromatic rings. The van der Waals surface area contributed by atoms with Crippen molar-refractivity contribution in [2.75, 3.05) is 30.0 Å². The normalized spacial score (nSPS) is 10.2. The lowest BCUT2D eigenvalue weighted by Gasteiger charge is -2.13. The highest BCUT2D eigenvalue weighted by atomic mass is 16.1. The van der Waals surface area contributed by atoms with E-state index in [4.69, 9.17) is 5.73 Å². The molecule has 0 radical (unpaired) electrons. The van der Waals surface area contributed by atoms with Crippen molar-refractivity contribution in [3.8, 4) is 0 Å². The maximum Gasteiger partial charge on any atom is 0.257 e. The number of nitrogens with zero attached hydrogens (tertiary/aromatic N) is 1. The number of benzene rings is 2. The SMILES string of the molecule is Cc1cccc(C(=O)Nc2ccc(N(C)C)cc2)c1N. The largest absolute Gasteiger partial charge is 0.398 e. The van der Waals surface area contributed by atoms with E-state index in [9.17, 15) is 4.79 Å². The van der Waals surface area contributed by atoms with Crippen LogP contribution in [0.2, 0.25) is 0 Å². The van der Waals surface area contributed by atoms with Gasteiger partial charge >= 0.3 is 0 Å². The Balaban J connectivity index is 2.17. The van der Waals surface area contributed by atoms with Crippen LogP contribution in [0.15, 0.2) is 42.5 Å². The van der Waals surface area contributed by atoms with Gasteiger partial charge in [0.2, 0.25) is 0 Å². The summed E-state index contributed by atoms with van der Waals surface area (Å²) in [6.45, 7) is 1.89. The van der Waals surface area contributed by atoms with Crippen molar-refractivity contribution in [1.82, 2.24) is 0 Å². The average molecular weight is 269 g/mol. The van der Waals surface area contributed by atoms with E-state index in [1.807, 2.05) is 62.3 Å². The van der Waals surface area contributed by atoms with Crippen LogP contribution in [0.3, 0.4) is 0 Å². The van der Waals surface area contributed by atoms with Crippen LogP contribution in [0.25, 0.3) is 0 Å². The fraction of sp³-hybridized carbons (Fsp3) is 0.188. The van der Waals surface area contributed by atoms with Gasteiger partial charge in [0, 0.05) is 31.2 Å². The highest BCUT2D eigenvalue weighted by Crippen LogP contribution is 2.20. The third kappa shape index (κ3) is 2.91. The second-order valence-electron chi connectivity index (χ2n) is 4.93. The van der Waals surface area contributed by atoms with Crippen LogP contribution in [0.1, 0.15) is 15.9 Å². The van der Waals surface area contributed by atoms with Crippen molar-refractivity contribution in [3.05, 3.63) is 53.6 Å². The molecular formula is C16H19N3O. The molecule has 4 nitrogen and oxygen atoms in total. The van der Waals surface area contributed by atoms with Crippen molar-refractivity contribution < 1.29 is 4.79 Å². The number of nitrogens with two attached hydrogens (primary N) is 1. The molecule has 0 aliphatic rings. The molecule has 0 fully saturated rings. The Labute approximate surface area is 119 Å². The van der Waals surface area contributed by atoms with Gasteiger partial charge in [-0.15, -0.1) is 0 Å². The van der Waals surface area contributed by atoms with E-state index in [0.717, 1.165) is 16.9 Å². The first-order chi connectivity index (χ1) is 9.49. The van der Waals surface area contributed by atoms with Crippen LogP contribution < -0.4 is 16.0 Å². The summed E-state index contributed by atoms with van der Waals surface area (Å²) >= 11 is 0. The van der Waals surface area contributed by atoms with Crippen LogP contribution in [-0.2, 0) is 0 Å². The van der Waals surface area contributed by atoms with Crippen LogP contribution >= 0.6 is 0 Å². The number of hydrogen-bond donors (Lipinski definition) is 2. The highest BCUT2D eigenvalue weighted by molar-refractivity contribution is 6.08. The number of aryl methyl sites for hydroxylation is 1. The fourth-order valence-corrected chi connectivity index (χ4v) is 1.92. The summed E-state index contributed by atoms with van der Waals surface area (Å²) < 4.78 is 0. The summed E-state index contributed by atoms with van der Waals surface area (Å²) in [5.41, 5.74) is 9.69. The number of rotatable bonds is 3. The summed E-state index contributed by atoms with van der Waals surface area (Å²) in [7, 11) is 3.95. The third-order valence-electron chi connectivity index (χ3n) is 3.21. The molecule has 104 valence electrons. The van der Waals surface area contributed by atoms with Crippen molar-refractivity contribution in [3.63, 3.8) is 0 Å². The Bertz CT molecular complexity index is 618. The zero-order chi connectivity index (χ0) is 14.7. The number of carbonyl (C=O) groups excluding carboxylic acids is 1. The molecule has 0 saturated carbocycles. The molecule has 0 bridgehead atoms. The van der Waals surface area contributed by atoms with E-state index in [-0.39, 0.29) is 5.91 Å². The molecule has 0 unspecified atom stereocenters. The topological polar surface area (TPSA) is 58.4 Å². The number of amides is 1. The van der Waals surface area contributed by atoms with Gasteiger partial charge in [-0.1, -0.05) is 12.1 Å². The van der Waals surface area contributed by atoms with Gasteiger partial charge in [0.15, 0.2) is 0 Å². The number of nitrogen functional groups attached to an aromatic ring is 1. The molecule has 2 aromatic carbocycles. The molecule has 0 aromatic heterocycles. The minimum absolute atomic E-state index is 0.191. The Kier molecular flexibility index (Phi) is 3.94. The molecular weight excluding hydrogens is 250 g/mol. The predicted molar refractivity (Wildman–Crippen MR) is 84.3 cm³/mol. The van der Waals surface area contributed by atoms with Gasteiger partial charge in [0.1, 0.15) is 0 Å². The smallest absolute Gasteiger partial charge is 0.257 e. The van der Waals surface area contributed by atoms with Gasteiger partial charge < -0.3 is 16.0 Å². The maximum atomic E-state index is 12.2. The molecule has 20 heavy (non-hydrogen) atoms. The zero-order valence-electron chi connectivity index (χ0n) is 12.0. The molecule has 2 rings (SSSR count). The van der Waals surface area contributed by atoms with Crippen LogP contribution in [0.4, 0.5) is 17.1 Å². The van der Waals surface area contributed by atoms with E-state index < -0.39 is 0 Å². The molecule has 1 amide bonds. The third-order valence-corrected chi connectivity index (χ3v) is 3.21. The fourth-order valence-electron chi connectivity index (χ4n) is 1.92. The van der Waals surface area contributed by atoms with Crippen molar-refractivity contribution in [2.45, 2.75) is 6.92 Å². The average Bonchev–Trinajstić information content (AvgIpc) is 2.42. The van der Waals surface area contributed by atoms with Gasteiger partial charge in [-0.25, -0.2) is 0 Å². The molecule has 0 heterocycles. The number of nitrogens with one attached hydrogen (secondary N) is 1. The monoisotopic (exact) mass is 269 g/mol. The number of para-hydroxylation sites is 1. The van der Waals surface area contributed by atoms with E-state index >= 15 is 0 Å². The summed E-state index contributed by atoms with van der Waals surface area (Å²) in [5, 5.41) is 2.85. The first-order valence-electron chi connectivity index (χ1n) is 6.43. The van der Waals surface area contributed by atoms with Gasteiger partial charge in [-0.05, 0) is 42.8 Å². The summed E-state index contributed by atoms with van der Waals surface area (Å²) in [4.78, 5) is 14.2. The van der Waals surface area contributed by atoms with Crippen molar-refractivity contribution in [2.24, 2.45) is 0 Å². The highest BCUT2D eigenvalue weighted by Gasteiger charge is 2.11. The van der Waals surface area contributed by atoms with E-state index in [1.54, 1.807) is 6.07 Å². The van der Waals surface area contributed by atoms with E-state index in [0.29, 0.717) is 11.3 Å². The number of hydrogen-bond acceptors (Lipinski definition) is 3. The van der Waals surface area contributed by atoms with Crippen LogP contribution in [-0.4, -0.2) is 20.0 Å². The first kappa shape index (κ1) is 13.9. The predicted octanol–water partition coefficient (Wildman–Crippen LogP) is 2.90. The Morgan fingerprint density at radius 1 is 1.10 bits per heavy atom. The minimum atomic E-state index is -0.191. The maximum absolute atomic E-state index is 12.2. The molecule has 0 saturated heterocycles. The molecule has 0 aliphatic carbocycles.